The zero-order valence-corrected chi connectivity index (χ0v) is 15.6. The number of methoxy groups -OCH3 is 1. The van der Waals surface area contributed by atoms with Crippen LogP contribution in [0, 0.1) is 11.7 Å². The molecule has 2 fully saturated rings. The lowest BCUT2D eigenvalue weighted by Gasteiger charge is -2.41. The fraction of sp³-hybridized carbons (Fsp3) is 0.647. The van der Waals surface area contributed by atoms with Gasteiger partial charge in [0.05, 0.1) is 7.11 Å². The Morgan fingerprint density at radius 1 is 1.21 bits per heavy atom. The van der Waals surface area contributed by atoms with Crippen LogP contribution < -0.4 is 10.1 Å². The second-order valence-electron chi connectivity index (χ2n) is 6.07. The van der Waals surface area contributed by atoms with Crippen LogP contribution in [0.4, 0.5) is 4.39 Å². The summed E-state index contributed by atoms with van der Waals surface area (Å²) in [7, 11) is 1.57. The molecule has 4 nitrogen and oxygen atoms in total. The van der Waals surface area contributed by atoms with Crippen molar-refractivity contribution < 1.29 is 13.9 Å². The third-order valence-corrected chi connectivity index (χ3v) is 4.78. The SMILES string of the molecule is COc1ccc([C@@H](C2CCOCC2)N2CCNCC2)c(F)c1.Cl.Cl. The van der Waals surface area contributed by atoms with Gasteiger partial charge in [-0.1, -0.05) is 6.07 Å². The molecular weight excluding hydrogens is 354 g/mol. The molecular formula is C17H27Cl2FN2O2. The second kappa shape index (κ2) is 10.4. The predicted octanol–water partition coefficient (Wildman–Crippen LogP) is 3.05. The summed E-state index contributed by atoms with van der Waals surface area (Å²) in [6.07, 6.45) is 2.00. The Morgan fingerprint density at radius 2 is 1.88 bits per heavy atom. The smallest absolute Gasteiger partial charge is 0.131 e. The van der Waals surface area contributed by atoms with Crippen molar-refractivity contribution in [1.29, 1.82) is 0 Å². The van der Waals surface area contributed by atoms with E-state index in [2.05, 4.69) is 10.2 Å². The van der Waals surface area contributed by atoms with Crippen LogP contribution in [0.25, 0.3) is 0 Å². The highest BCUT2D eigenvalue weighted by Crippen LogP contribution is 2.37. The lowest BCUT2D eigenvalue weighted by molar-refractivity contribution is 0.0202. The minimum atomic E-state index is -0.158. The van der Waals surface area contributed by atoms with E-state index in [9.17, 15) is 4.39 Å². The van der Waals surface area contributed by atoms with Gasteiger partial charge in [-0.15, -0.1) is 24.8 Å². The predicted molar refractivity (Wildman–Crippen MR) is 98.2 cm³/mol. The van der Waals surface area contributed by atoms with E-state index in [-0.39, 0.29) is 36.7 Å². The summed E-state index contributed by atoms with van der Waals surface area (Å²) in [5, 5.41) is 3.38. The van der Waals surface area contributed by atoms with Crippen LogP contribution in [0.3, 0.4) is 0 Å². The van der Waals surface area contributed by atoms with Crippen molar-refractivity contribution in [2.45, 2.75) is 18.9 Å². The number of ether oxygens (including phenoxy) is 2. The largest absolute Gasteiger partial charge is 0.497 e. The number of hydrogen-bond acceptors (Lipinski definition) is 4. The highest BCUT2D eigenvalue weighted by molar-refractivity contribution is 5.85. The van der Waals surface area contributed by atoms with Crippen LogP contribution in [0.1, 0.15) is 24.4 Å². The average molecular weight is 381 g/mol. The van der Waals surface area contributed by atoms with Gasteiger partial charge in [0, 0.05) is 57.1 Å². The zero-order chi connectivity index (χ0) is 15.4. The van der Waals surface area contributed by atoms with E-state index in [1.54, 1.807) is 7.11 Å². The molecule has 1 aromatic rings. The fourth-order valence-corrected chi connectivity index (χ4v) is 3.62. The Bertz CT molecular complexity index is 477. The summed E-state index contributed by atoms with van der Waals surface area (Å²) in [6, 6.07) is 5.41. The van der Waals surface area contributed by atoms with Gasteiger partial charge in [0.15, 0.2) is 0 Å². The Labute approximate surface area is 155 Å². The van der Waals surface area contributed by atoms with Crippen LogP contribution in [-0.2, 0) is 4.74 Å². The Hall–Kier alpha value is -0.590. The van der Waals surface area contributed by atoms with Gasteiger partial charge in [0.25, 0.3) is 0 Å². The van der Waals surface area contributed by atoms with E-state index in [4.69, 9.17) is 9.47 Å². The lowest BCUT2D eigenvalue weighted by Crippen LogP contribution is -2.47. The first-order valence-corrected chi connectivity index (χ1v) is 8.15. The maximum absolute atomic E-state index is 14.6. The topological polar surface area (TPSA) is 33.7 Å². The minimum Gasteiger partial charge on any atom is -0.497 e. The fourth-order valence-electron chi connectivity index (χ4n) is 3.62. The lowest BCUT2D eigenvalue weighted by atomic mass is 9.85. The highest BCUT2D eigenvalue weighted by atomic mass is 35.5. The third-order valence-electron chi connectivity index (χ3n) is 4.78. The first kappa shape index (κ1) is 21.5. The number of rotatable bonds is 4. The van der Waals surface area contributed by atoms with Crippen molar-refractivity contribution >= 4 is 24.8 Å². The van der Waals surface area contributed by atoms with Crippen molar-refractivity contribution in [3.8, 4) is 5.75 Å². The third kappa shape index (κ3) is 4.96. The van der Waals surface area contributed by atoms with Crippen LogP contribution in [0.15, 0.2) is 18.2 Å². The van der Waals surface area contributed by atoms with Gasteiger partial charge in [-0.05, 0) is 24.8 Å². The van der Waals surface area contributed by atoms with E-state index in [1.807, 2.05) is 12.1 Å². The molecule has 0 spiro atoms. The van der Waals surface area contributed by atoms with Crippen molar-refractivity contribution in [2.24, 2.45) is 5.92 Å². The van der Waals surface area contributed by atoms with Crippen molar-refractivity contribution in [1.82, 2.24) is 10.2 Å². The number of nitrogens with zero attached hydrogens (tertiary/aromatic N) is 1. The van der Waals surface area contributed by atoms with E-state index in [0.29, 0.717) is 11.7 Å². The van der Waals surface area contributed by atoms with Gasteiger partial charge in [-0.2, -0.15) is 0 Å². The van der Waals surface area contributed by atoms with Crippen LogP contribution in [-0.4, -0.2) is 51.4 Å². The molecule has 0 aromatic heterocycles. The number of nitrogens with one attached hydrogen (secondary N) is 1. The van der Waals surface area contributed by atoms with E-state index < -0.39 is 0 Å². The number of benzene rings is 1. The summed E-state index contributed by atoms with van der Waals surface area (Å²) < 4.78 is 25.3. The molecule has 2 heterocycles. The maximum Gasteiger partial charge on any atom is 0.131 e. The van der Waals surface area contributed by atoms with E-state index in [1.165, 1.54) is 6.07 Å². The molecule has 0 bridgehead atoms. The molecule has 2 saturated heterocycles. The molecule has 0 aliphatic carbocycles. The summed E-state index contributed by atoms with van der Waals surface area (Å²) in [6.45, 7) is 5.44. The Kier molecular flexibility index (Phi) is 9.31. The van der Waals surface area contributed by atoms with Gasteiger partial charge in [0.1, 0.15) is 11.6 Å². The van der Waals surface area contributed by atoms with E-state index >= 15 is 0 Å². The average Bonchev–Trinajstić information content (AvgIpc) is 2.58. The molecule has 138 valence electrons. The summed E-state index contributed by atoms with van der Waals surface area (Å²) in [5.74, 6) is 0.872. The number of hydrogen-bond donors (Lipinski definition) is 1. The van der Waals surface area contributed by atoms with Crippen molar-refractivity contribution in [3.63, 3.8) is 0 Å². The Balaban J connectivity index is 0.00000144. The first-order valence-electron chi connectivity index (χ1n) is 8.15. The molecule has 1 N–H and O–H groups in total. The summed E-state index contributed by atoms with van der Waals surface area (Å²) in [4.78, 5) is 2.43. The normalized spacial score (nSPS) is 20.6. The molecule has 0 radical (unpaired) electrons. The number of halogens is 3. The van der Waals surface area contributed by atoms with E-state index in [0.717, 1.165) is 57.8 Å². The van der Waals surface area contributed by atoms with Crippen molar-refractivity contribution in [3.05, 3.63) is 29.6 Å². The van der Waals surface area contributed by atoms with Gasteiger partial charge in [-0.25, -0.2) is 4.39 Å². The van der Waals surface area contributed by atoms with Crippen LogP contribution in [0.2, 0.25) is 0 Å². The summed E-state index contributed by atoms with van der Waals surface area (Å²) >= 11 is 0. The molecule has 2 aliphatic rings. The zero-order valence-electron chi connectivity index (χ0n) is 14.0. The molecule has 1 atom stereocenters. The summed E-state index contributed by atoms with van der Waals surface area (Å²) in [5.41, 5.74) is 0.801. The molecule has 0 saturated carbocycles. The molecule has 2 aliphatic heterocycles. The highest BCUT2D eigenvalue weighted by Gasteiger charge is 2.32. The standard InChI is InChI=1S/C17H25FN2O2.2ClH/c1-21-14-2-3-15(16(18)12-14)17(13-4-10-22-11-5-13)20-8-6-19-7-9-20;;/h2-3,12-13,17,19H,4-11H2,1H3;2*1H/t17-;;/m1../s1. The van der Waals surface area contributed by atoms with Crippen LogP contribution in [0.5, 0.6) is 5.75 Å². The minimum absolute atomic E-state index is 0. The molecule has 0 amide bonds. The molecule has 24 heavy (non-hydrogen) atoms. The van der Waals surface area contributed by atoms with Gasteiger partial charge in [0.2, 0.25) is 0 Å². The molecule has 3 rings (SSSR count). The maximum atomic E-state index is 14.6. The van der Waals surface area contributed by atoms with Gasteiger partial charge in [-0.3, -0.25) is 4.90 Å². The second-order valence-corrected chi connectivity index (χ2v) is 6.07. The quantitative estimate of drug-likeness (QED) is 0.870. The molecule has 1 aromatic carbocycles. The monoisotopic (exact) mass is 380 g/mol. The Morgan fingerprint density at radius 3 is 2.46 bits per heavy atom. The van der Waals surface area contributed by atoms with Crippen molar-refractivity contribution in [2.75, 3.05) is 46.5 Å². The van der Waals surface area contributed by atoms with Gasteiger partial charge < -0.3 is 14.8 Å². The molecule has 7 heteroatoms. The first-order chi connectivity index (χ1) is 10.8. The van der Waals surface area contributed by atoms with Crippen LogP contribution >= 0.6 is 24.8 Å². The molecule has 0 unspecified atom stereocenters. The number of piperazine rings is 1. The van der Waals surface area contributed by atoms with Gasteiger partial charge >= 0.3 is 0 Å².